The van der Waals surface area contributed by atoms with E-state index in [1.54, 1.807) is 49.1 Å². The van der Waals surface area contributed by atoms with Gasteiger partial charge in [-0.15, -0.1) is 0 Å². The first-order chi connectivity index (χ1) is 14.4. The largest absolute Gasteiger partial charge is 0.479 e. The van der Waals surface area contributed by atoms with Crippen LogP contribution in [0.15, 0.2) is 36.5 Å². The number of ether oxygens (including phenoxy) is 2. The third-order valence-electron chi connectivity index (χ3n) is 4.72. The number of piperazine rings is 1. The molecule has 1 amide bonds. The highest BCUT2D eigenvalue weighted by molar-refractivity contribution is 6.35. The topological polar surface area (TPSA) is 72.0 Å². The van der Waals surface area contributed by atoms with E-state index in [0.717, 1.165) is 5.82 Å². The standard InChI is InChI=1S/C21H23Cl2N3O4/c1-3-29-21(28)15-4-7-19(24-13-15)25-8-10-26(11-9-25)20(27)14(2)30-18-6-5-16(22)12-17(18)23/h4-7,12-14H,3,8-11H2,1-2H3/t14-/m0/s1. The summed E-state index contributed by atoms with van der Waals surface area (Å²) >= 11 is 12.0. The average Bonchev–Trinajstić information content (AvgIpc) is 2.75. The molecular formula is C21H23Cl2N3O4. The van der Waals surface area contributed by atoms with Crippen molar-refractivity contribution in [2.75, 3.05) is 37.7 Å². The molecule has 0 spiro atoms. The zero-order valence-electron chi connectivity index (χ0n) is 16.8. The molecular weight excluding hydrogens is 429 g/mol. The molecule has 1 aliphatic heterocycles. The molecule has 1 fully saturated rings. The molecule has 7 nitrogen and oxygen atoms in total. The molecule has 30 heavy (non-hydrogen) atoms. The second kappa shape index (κ2) is 10.00. The third kappa shape index (κ3) is 5.34. The molecule has 1 aliphatic rings. The van der Waals surface area contributed by atoms with Crippen LogP contribution < -0.4 is 9.64 Å². The molecule has 0 unspecified atom stereocenters. The van der Waals surface area contributed by atoms with Gasteiger partial charge in [0, 0.05) is 37.4 Å². The minimum absolute atomic E-state index is 0.105. The van der Waals surface area contributed by atoms with E-state index >= 15 is 0 Å². The zero-order chi connectivity index (χ0) is 21.7. The van der Waals surface area contributed by atoms with E-state index in [1.165, 1.54) is 6.20 Å². The van der Waals surface area contributed by atoms with Gasteiger partial charge in [0.05, 0.1) is 17.2 Å². The van der Waals surface area contributed by atoms with Gasteiger partial charge in [0.2, 0.25) is 0 Å². The Hall–Kier alpha value is -2.51. The van der Waals surface area contributed by atoms with Gasteiger partial charge < -0.3 is 19.3 Å². The highest BCUT2D eigenvalue weighted by Crippen LogP contribution is 2.28. The van der Waals surface area contributed by atoms with Crippen molar-refractivity contribution in [2.45, 2.75) is 20.0 Å². The molecule has 0 aliphatic carbocycles. The number of rotatable bonds is 6. The highest BCUT2D eigenvalue weighted by Gasteiger charge is 2.27. The summed E-state index contributed by atoms with van der Waals surface area (Å²) in [4.78, 5) is 32.7. The van der Waals surface area contributed by atoms with E-state index in [0.29, 0.717) is 54.1 Å². The molecule has 1 aromatic carbocycles. The lowest BCUT2D eigenvalue weighted by Gasteiger charge is -2.36. The summed E-state index contributed by atoms with van der Waals surface area (Å²) in [5.74, 6) is 0.687. The lowest BCUT2D eigenvalue weighted by molar-refractivity contribution is -0.138. The first-order valence-corrected chi connectivity index (χ1v) is 10.4. The number of halogens is 2. The third-order valence-corrected chi connectivity index (χ3v) is 5.25. The van der Waals surface area contributed by atoms with Crippen LogP contribution >= 0.6 is 23.2 Å². The van der Waals surface area contributed by atoms with Gasteiger partial charge in [0.25, 0.3) is 5.91 Å². The fraction of sp³-hybridized carbons (Fsp3) is 0.381. The van der Waals surface area contributed by atoms with Crippen LogP contribution in [0.2, 0.25) is 10.0 Å². The van der Waals surface area contributed by atoms with Crippen molar-refractivity contribution in [1.82, 2.24) is 9.88 Å². The smallest absolute Gasteiger partial charge is 0.339 e. The lowest BCUT2D eigenvalue weighted by atomic mass is 10.2. The molecule has 1 atom stereocenters. The first kappa shape index (κ1) is 22.2. The Morgan fingerprint density at radius 1 is 1.13 bits per heavy atom. The number of hydrogen-bond acceptors (Lipinski definition) is 6. The summed E-state index contributed by atoms with van der Waals surface area (Å²) in [6.07, 6.45) is 0.841. The molecule has 0 N–H and O–H groups in total. The van der Waals surface area contributed by atoms with E-state index in [-0.39, 0.29) is 11.9 Å². The van der Waals surface area contributed by atoms with Crippen molar-refractivity contribution < 1.29 is 19.1 Å². The van der Waals surface area contributed by atoms with Crippen LogP contribution in [0.4, 0.5) is 5.82 Å². The van der Waals surface area contributed by atoms with Gasteiger partial charge in [-0.3, -0.25) is 4.79 Å². The number of esters is 1. The Bertz CT molecular complexity index is 900. The number of carbonyl (C=O) groups is 2. The number of benzene rings is 1. The van der Waals surface area contributed by atoms with Gasteiger partial charge in [-0.05, 0) is 44.2 Å². The minimum atomic E-state index is -0.669. The van der Waals surface area contributed by atoms with Crippen LogP contribution in [0, 0.1) is 0 Å². The second-order valence-electron chi connectivity index (χ2n) is 6.77. The van der Waals surface area contributed by atoms with Crippen LogP contribution in [-0.2, 0) is 9.53 Å². The van der Waals surface area contributed by atoms with Gasteiger partial charge in [-0.25, -0.2) is 9.78 Å². The number of hydrogen-bond donors (Lipinski definition) is 0. The summed E-state index contributed by atoms with van der Waals surface area (Å²) < 4.78 is 10.7. The normalized spacial score (nSPS) is 14.9. The number of carbonyl (C=O) groups excluding carboxylic acids is 2. The van der Waals surface area contributed by atoms with Crippen molar-refractivity contribution in [3.05, 3.63) is 52.1 Å². The Morgan fingerprint density at radius 2 is 1.87 bits per heavy atom. The number of nitrogens with zero attached hydrogens (tertiary/aromatic N) is 3. The molecule has 0 saturated carbocycles. The van der Waals surface area contributed by atoms with Crippen LogP contribution in [0.5, 0.6) is 5.75 Å². The van der Waals surface area contributed by atoms with Crippen molar-refractivity contribution in [3.63, 3.8) is 0 Å². The second-order valence-corrected chi connectivity index (χ2v) is 7.62. The van der Waals surface area contributed by atoms with Gasteiger partial charge >= 0.3 is 5.97 Å². The maximum absolute atomic E-state index is 12.8. The summed E-state index contributed by atoms with van der Waals surface area (Å²) in [7, 11) is 0. The predicted molar refractivity (Wildman–Crippen MR) is 116 cm³/mol. The van der Waals surface area contributed by atoms with Gasteiger partial charge in [-0.1, -0.05) is 23.2 Å². The van der Waals surface area contributed by atoms with Crippen LogP contribution in [-0.4, -0.2) is 60.7 Å². The van der Waals surface area contributed by atoms with Crippen LogP contribution in [0.25, 0.3) is 0 Å². The average molecular weight is 452 g/mol. The quantitative estimate of drug-likeness (QED) is 0.623. The first-order valence-electron chi connectivity index (χ1n) is 9.67. The number of amides is 1. The Morgan fingerprint density at radius 3 is 2.47 bits per heavy atom. The number of anilines is 1. The summed E-state index contributed by atoms with van der Waals surface area (Å²) in [6, 6.07) is 8.38. The number of aromatic nitrogens is 1. The van der Waals surface area contributed by atoms with Gasteiger partial charge in [0.1, 0.15) is 11.6 Å². The van der Waals surface area contributed by atoms with E-state index in [9.17, 15) is 9.59 Å². The molecule has 9 heteroatoms. The highest BCUT2D eigenvalue weighted by atomic mass is 35.5. The molecule has 2 aromatic rings. The maximum atomic E-state index is 12.8. The fourth-order valence-electron chi connectivity index (χ4n) is 3.13. The molecule has 3 rings (SSSR count). The Balaban J connectivity index is 1.54. The van der Waals surface area contributed by atoms with Crippen molar-refractivity contribution in [3.8, 4) is 5.75 Å². The zero-order valence-corrected chi connectivity index (χ0v) is 18.3. The van der Waals surface area contributed by atoms with Gasteiger partial charge in [-0.2, -0.15) is 0 Å². The minimum Gasteiger partial charge on any atom is -0.479 e. The van der Waals surface area contributed by atoms with E-state index in [1.807, 2.05) is 0 Å². The van der Waals surface area contributed by atoms with E-state index in [2.05, 4.69) is 9.88 Å². The molecule has 0 radical (unpaired) electrons. The van der Waals surface area contributed by atoms with Gasteiger partial charge in [0.15, 0.2) is 6.10 Å². The fourth-order valence-corrected chi connectivity index (χ4v) is 3.59. The Kier molecular flexibility index (Phi) is 7.39. The molecule has 160 valence electrons. The number of pyridine rings is 1. The maximum Gasteiger partial charge on any atom is 0.339 e. The monoisotopic (exact) mass is 451 g/mol. The molecule has 0 bridgehead atoms. The Labute approximate surface area is 185 Å². The van der Waals surface area contributed by atoms with Crippen molar-refractivity contribution in [2.24, 2.45) is 0 Å². The van der Waals surface area contributed by atoms with E-state index in [4.69, 9.17) is 32.7 Å². The predicted octanol–water partition coefficient (Wildman–Crippen LogP) is 3.68. The molecule has 1 saturated heterocycles. The SMILES string of the molecule is CCOC(=O)c1ccc(N2CCN(C(=O)[C@H](C)Oc3ccc(Cl)cc3Cl)CC2)nc1. The summed E-state index contributed by atoms with van der Waals surface area (Å²) in [6.45, 7) is 6.14. The van der Waals surface area contributed by atoms with Crippen LogP contribution in [0.3, 0.4) is 0 Å². The van der Waals surface area contributed by atoms with Crippen molar-refractivity contribution in [1.29, 1.82) is 0 Å². The lowest BCUT2D eigenvalue weighted by Crippen LogP contribution is -2.52. The summed E-state index contributed by atoms with van der Waals surface area (Å²) in [5, 5.41) is 0.871. The van der Waals surface area contributed by atoms with E-state index < -0.39 is 6.10 Å². The molecule has 1 aromatic heterocycles. The summed E-state index contributed by atoms with van der Waals surface area (Å²) in [5.41, 5.74) is 0.418. The van der Waals surface area contributed by atoms with Crippen molar-refractivity contribution >= 4 is 40.9 Å². The molecule has 2 heterocycles. The van der Waals surface area contributed by atoms with Crippen LogP contribution in [0.1, 0.15) is 24.2 Å².